The van der Waals surface area contributed by atoms with Gasteiger partial charge in [0.05, 0.1) is 0 Å². The van der Waals surface area contributed by atoms with E-state index < -0.39 is 0 Å². The van der Waals surface area contributed by atoms with E-state index in [1.165, 1.54) is 12.1 Å². The van der Waals surface area contributed by atoms with Crippen molar-refractivity contribution in [3.8, 4) is 16.9 Å². The zero-order chi connectivity index (χ0) is 11.7. The highest BCUT2D eigenvalue weighted by Crippen LogP contribution is 2.32. The molecular weight excluding hydrogens is 205 g/mol. The highest BCUT2D eigenvalue weighted by molar-refractivity contribution is 5.73. The number of nitrogen functional groups attached to an aromatic ring is 1. The minimum Gasteiger partial charge on any atom is -0.507 e. The SMILES string of the molecule is Cc1ccc(F)c(-c2ccc(N)cc2O)c1. The second kappa shape index (κ2) is 3.85. The lowest BCUT2D eigenvalue weighted by atomic mass is 10.0. The molecule has 0 saturated carbocycles. The van der Waals surface area contributed by atoms with Gasteiger partial charge in [-0.25, -0.2) is 4.39 Å². The predicted octanol–water partition coefficient (Wildman–Crippen LogP) is 3.09. The van der Waals surface area contributed by atoms with Gasteiger partial charge < -0.3 is 10.8 Å². The fourth-order valence-electron chi connectivity index (χ4n) is 1.62. The van der Waals surface area contributed by atoms with Crippen molar-refractivity contribution in [2.24, 2.45) is 0 Å². The summed E-state index contributed by atoms with van der Waals surface area (Å²) in [4.78, 5) is 0. The Balaban J connectivity index is 2.62. The van der Waals surface area contributed by atoms with Gasteiger partial charge in [0.25, 0.3) is 0 Å². The third kappa shape index (κ3) is 1.84. The number of benzene rings is 2. The molecule has 2 rings (SSSR count). The number of rotatable bonds is 1. The minimum atomic E-state index is -0.356. The van der Waals surface area contributed by atoms with Crippen LogP contribution in [0.15, 0.2) is 36.4 Å². The normalized spacial score (nSPS) is 10.4. The monoisotopic (exact) mass is 217 g/mol. The number of aromatic hydroxyl groups is 1. The Morgan fingerprint density at radius 3 is 2.50 bits per heavy atom. The molecule has 0 atom stereocenters. The first-order valence-corrected chi connectivity index (χ1v) is 4.93. The molecule has 0 heterocycles. The highest BCUT2D eigenvalue weighted by Gasteiger charge is 2.09. The van der Waals surface area contributed by atoms with Crippen LogP contribution in [0.2, 0.25) is 0 Å². The molecule has 0 aliphatic heterocycles. The molecule has 0 unspecified atom stereocenters. The van der Waals surface area contributed by atoms with Crippen LogP contribution in [-0.4, -0.2) is 5.11 Å². The molecular formula is C13H12FNO. The van der Waals surface area contributed by atoms with E-state index in [1.54, 1.807) is 24.3 Å². The van der Waals surface area contributed by atoms with E-state index in [-0.39, 0.29) is 11.6 Å². The summed E-state index contributed by atoms with van der Waals surface area (Å²) in [5, 5.41) is 9.71. The van der Waals surface area contributed by atoms with Gasteiger partial charge in [-0.3, -0.25) is 0 Å². The Bertz CT molecular complexity index is 537. The average Bonchev–Trinajstić information content (AvgIpc) is 2.22. The van der Waals surface area contributed by atoms with Gasteiger partial charge in [0.1, 0.15) is 11.6 Å². The molecule has 0 spiro atoms. The maximum atomic E-state index is 13.6. The zero-order valence-corrected chi connectivity index (χ0v) is 8.87. The first-order chi connectivity index (χ1) is 7.58. The lowest BCUT2D eigenvalue weighted by Crippen LogP contribution is -1.89. The molecule has 0 aliphatic carbocycles. The fourth-order valence-corrected chi connectivity index (χ4v) is 1.62. The van der Waals surface area contributed by atoms with Gasteiger partial charge in [0.15, 0.2) is 0 Å². The van der Waals surface area contributed by atoms with Crippen LogP contribution in [0.5, 0.6) is 5.75 Å². The summed E-state index contributed by atoms with van der Waals surface area (Å²) in [6.07, 6.45) is 0. The van der Waals surface area contributed by atoms with E-state index in [0.29, 0.717) is 16.8 Å². The molecule has 2 aromatic rings. The summed E-state index contributed by atoms with van der Waals surface area (Å²) in [5.41, 5.74) is 7.75. The fraction of sp³-hybridized carbons (Fsp3) is 0.0769. The Morgan fingerprint density at radius 1 is 1.06 bits per heavy atom. The lowest BCUT2D eigenvalue weighted by Gasteiger charge is -2.07. The van der Waals surface area contributed by atoms with Crippen molar-refractivity contribution in [3.63, 3.8) is 0 Å². The van der Waals surface area contributed by atoms with Crippen molar-refractivity contribution in [2.45, 2.75) is 6.92 Å². The first-order valence-electron chi connectivity index (χ1n) is 4.93. The number of aryl methyl sites for hydroxylation is 1. The number of hydrogen-bond donors (Lipinski definition) is 2. The second-order valence-electron chi connectivity index (χ2n) is 3.76. The van der Waals surface area contributed by atoms with E-state index in [0.717, 1.165) is 5.56 Å². The second-order valence-corrected chi connectivity index (χ2v) is 3.76. The summed E-state index contributed by atoms with van der Waals surface area (Å²) >= 11 is 0. The number of phenols is 1. The Morgan fingerprint density at radius 2 is 1.81 bits per heavy atom. The molecule has 0 bridgehead atoms. The van der Waals surface area contributed by atoms with E-state index >= 15 is 0 Å². The van der Waals surface area contributed by atoms with Crippen molar-refractivity contribution >= 4 is 5.69 Å². The topological polar surface area (TPSA) is 46.2 Å². The van der Waals surface area contributed by atoms with Crippen LogP contribution in [0.3, 0.4) is 0 Å². The molecule has 16 heavy (non-hydrogen) atoms. The number of nitrogens with two attached hydrogens (primary N) is 1. The third-order valence-electron chi connectivity index (χ3n) is 2.43. The van der Waals surface area contributed by atoms with Gasteiger partial charge in [-0.2, -0.15) is 0 Å². The molecule has 2 nitrogen and oxygen atoms in total. The standard InChI is InChI=1S/C13H12FNO/c1-8-2-5-12(14)11(6-8)10-4-3-9(15)7-13(10)16/h2-7,16H,15H2,1H3. The van der Waals surface area contributed by atoms with Crippen molar-refractivity contribution in [1.29, 1.82) is 0 Å². The van der Waals surface area contributed by atoms with E-state index in [4.69, 9.17) is 5.73 Å². The van der Waals surface area contributed by atoms with Crippen molar-refractivity contribution in [1.82, 2.24) is 0 Å². The van der Waals surface area contributed by atoms with E-state index in [2.05, 4.69) is 0 Å². The first kappa shape index (κ1) is 10.5. The molecule has 0 saturated heterocycles. The summed E-state index contributed by atoms with van der Waals surface area (Å²) < 4.78 is 13.6. The molecule has 0 aliphatic rings. The summed E-state index contributed by atoms with van der Waals surface area (Å²) in [5.74, 6) is -0.366. The van der Waals surface area contributed by atoms with Gasteiger partial charge >= 0.3 is 0 Å². The molecule has 0 amide bonds. The van der Waals surface area contributed by atoms with Crippen LogP contribution in [0.1, 0.15) is 5.56 Å². The van der Waals surface area contributed by atoms with Gasteiger partial charge in [0, 0.05) is 22.9 Å². The highest BCUT2D eigenvalue weighted by atomic mass is 19.1. The number of halogens is 1. The maximum absolute atomic E-state index is 13.6. The maximum Gasteiger partial charge on any atom is 0.131 e. The molecule has 0 aromatic heterocycles. The van der Waals surface area contributed by atoms with Crippen LogP contribution in [0.4, 0.5) is 10.1 Å². The minimum absolute atomic E-state index is 0.00972. The van der Waals surface area contributed by atoms with Crippen LogP contribution < -0.4 is 5.73 Å². The van der Waals surface area contributed by atoms with Gasteiger partial charge in [-0.15, -0.1) is 0 Å². The van der Waals surface area contributed by atoms with Crippen LogP contribution in [-0.2, 0) is 0 Å². The summed E-state index contributed by atoms with van der Waals surface area (Å²) in [6.45, 7) is 1.87. The van der Waals surface area contributed by atoms with E-state index in [9.17, 15) is 9.50 Å². The number of phenolic OH excluding ortho intramolecular Hbond substituents is 1. The van der Waals surface area contributed by atoms with Gasteiger partial charge in [0.2, 0.25) is 0 Å². The zero-order valence-electron chi connectivity index (χ0n) is 8.87. The van der Waals surface area contributed by atoms with Gasteiger partial charge in [-0.1, -0.05) is 11.6 Å². The van der Waals surface area contributed by atoms with Crippen LogP contribution in [0, 0.1) is 12.7 Å². The molecule has 3 N–H and O–H groups in total. The largest absolute Gasteiger partial charge is 0.507 e. The lowest BCUT2D eigenvalue weighted by molar-refractivity contribution is 0.477. The van der Waals surface area contributed by atoms with Crippen molar-refractivity contribution in [3.05, 3.63) is 47.8 Å². The van der Waals surface area contributed by atoms with Crippen LogP contribution in [0.25, 0.3) is 11.1 Å². The Hall–Kier alpha value is -2.03. The number of anilines is 1. The Labute approximate surface area is 93.2 Å². The average molecular weight is 217 g/mol. The molecule has 3 heteroatoms. The molecule has 0 radical (unpaired) electrons. The number of hydrogen-bond acceptors (Lipinski definition) is 2. The Kier molecular flexibility index (Phi) is 2.52. The quantitative estimate of drug-likeness (QED) is 0.721. The third-order valence-corrected chi connectivity index (χ3v) is 2.43. The molecule has 2 aromatic carbocycles. The summed E-state index contributed by atoms with van der Waals surface area (Å²) in [7, 11) is 0. The van der Waals surface area contributed by atoms with Crippen LogP contribution >= 0.6 is 0 Å². The van der Waals surface area contributed by atoms with Gasteiger partial charge in [-0.05, 0) is 31.2 Å². The summed E-state index contributed by atoms with van der Waals surface area (Å²) in [6, 6.07) is 9.44. The molecule has 0 fully saturated rings. The van der Waals surface area contributed by atoms with Crippen molar-refractivity contribution in [2.75, 3.05) is 5.73 Å². The smallest absolute Gasteiger partial charge is 0.131 e. The predicted molar refractivity (Wildman–Crippen MR) is 62.7 cm³/mol. The molecule has 82 valence electrons. The van der Waals surface area contributed by atoms with Crippen molar-refractivity contribution < 1.29 is 9.50 Å². The van der Waals surface area contributed by atoms with E-state index in [1.807, 2.05) is 6.92 Å².